The van der Waals surface area contributed by atoms with Crippen LogP contribution < -0.4 is 10.1 Å². The minimum atomic E-state index is 0.434. The van der Waals surface area contributed by atoms with Crippen LogP contribution in [0.2, 0.25) is 0 Å². The van der Waals surface area contributed by atoms with E-state index < -0.39 is 0 Å². The maximum Gasteiger partial charge on any atom is 0.142 e. The zero-order valence-electron chi connectivity index (χ0n) is 14.3. The molecule has 2 rings (SSSR count). The van der Waals surface area contributed by atoms with Gasteiger partial charge >= 0.3 is 0 Å². The molecule has 0 amide bonds. The minimum absolute atomic E-state index is 0.434. The molecule has 0 bridgehead atoms. The van der Waals surface area contributed by atoms with E-state index in [4.69, 9.17) is 4.74 Å². The van der Waals surface area contributed by atoms with Crippen molar-refractivity contribution in [3.63, 3.8) is 0 Å². The van der Waals surface area contributed by atoms with E-state index in [-0.39, 0.29) is 0 Å². The molecule has 21 heavy (non-hydrogen) atoms. The van der Waals surface area contributed by atoms with Gasteiger partial charge in [0.05, 0.1) is 12.3 Å². The fourth-order valence-electron chi connectivity index (χ4n) is 3.64. The van der Waals surface area contributed by atoms with Crippen molar-refractivity contribution in [2.75, 3.05) is 11.9 Å². The van der Waals surface area contributed by atoms with Crippen molar-refractivity contribution in [1.29, 1.82) is 0 Å². The Morgan fingerprint density at radius 3 is 2.62 bits per heavy atom. The summed E-state index contributed by atoms with van der Waals surface area (Å²) in [6, 6.07) is 8.90. The number of benzene rings is 1. The average molecular weight is 289 g/mol. The number of hydrogen-bond acceptors (Lipinski definition) is 2. The first-order valence-electron chi connectivity index (χ1n) is 8.34. The third-order valence-electron chi connectivity index (χ3n) is 4.21. The molecule has 118 valence electrons. The predicted molar refractivity (Wildman–Crippen MR) is 91.0 cm³/mol. The molecule has 2 atom stereocenters. The summed E-state index contributed by atoms with van der Waals surface area (Å²) in [6.45, 7) is 12.3. The molecule has 1 aliphatic rings. The van der Waals surface area contributed by atoms with Crippen LogP contribution in [0.3, 0.4) is 0 Å². The van der Waals surface area contributed by atoms with Gasteiger partial charge in [-0.15, -0.1) is 0 Å². The van der Waals surface area contributed by atoms with Crippen molar-refractivity contribution < 1.29 is 4.74 Å². The fraction of sp³-hybridized carbons (Fsp3) is 0.684. The SMILES string of the molecule is CC(C)COc1ccccc1NC1CC(C)CC(C)(C)C1. The first-order chi connectivity index (χ1) is 9.85. The second-order valence-corrected chi connectivity index (χ2v) is 7.96. The molecule has 0 aliphatic heterocycles. The highest BCUT2D eigenvalue weighted by Gasteiger charge is 2.32. The van der Waals surface area contributed by atoms with Gasteiger partial charge in [0.15, 0.2) is 0 Å². The first-order valence-corrected chi connectivity index (χ1v) is 8.34. The molecule has 2 unspecified atom stereocenters. The lowest BCUT2D eigenvalue weighted by molar-refractivity contribution is 0.177. The van der Waals surface area contributed by atoms with Crippen LogP contribution in [0.1, 0.15) is 53.9 Å². The summed E-state index contributed by atoms with van der Waals surface area (Å²) in [7, 11) is 0. The summed E-state index contributed by atoms with van der Waals surface area (Å²) in [5.74, 6) is 2.32. The Labute approximate surface area is 130 Å². The highest BCUT2D eigenvalue weighted by atomic mass is 16.5. The molecule has 1 fully saturated rings. The Morgan fingerprint density at radius 2 is 1.95 bits per heavy atom. The van der Waals surface area contributed by atoms with Crippen LogP contribution in [0, 0.1) is 17.3 Å². The maximum atomic E-state index is 5.96. The van der Waals surface area contributed by atoms with Crippen LogP contribution >= 0.6 is 0 Å². The van der Waals surface area contributed by atoms with E-state index in [9.17, 15) is 0 Å². The molecule has 1 N–H and O–H groups in total. The Balaban J connectivity index is 2.05. The molecule has 0 saturated heterocycles. The average Bonchev–Trinajstić information content (AvgIpc) is 2.35. The second kappa shape index (κ2) is 6.72. The Kier molecular flexibility index (Phi) is 5.18. The number of para-hydroxylation sites is 2. The van der Waals surface area contributed by atoms with Gasteiger partial charge in [-0.3, -0.25) is 0 Å². The molecule has 0 spiro atoms. The smallest absolute Gasteiger partial charge is 0.142 e. The van der Waals surface area contributed by atoms with E-state index >= 15 is 0 Å². The van der Waals surface area contributed by atoms with Crippen LogP contribution in [0.25, 0.3) is 0 Å². The number of hydrogen-bond donors (Lipinski definition) is 1. The van der Waals surface area contributed by atoms with Gasteiger partial charge in [-0.25, -0.2) is 0 Å². The van der Waals surface area contributed by atoms with Crippen molar-refractivity contribution in [2.45, 2.75) is 59.9 Å². The molecule has 0 radical (unpaired) electrons. The van der Waals surface area contributed by atoms with Crippen LogP contribution in [0.15, 0.2) is 24.3 Å². The number of nitrogens with one attached hydrogen (secondary N) is 1. The Morgan fingerprint density at radius 1 is 1.24 bits per heavy atom. The predicted octanol–water partition coefficient (Wildman–Crippen LogP) is 5.35. The van der Waals surface area contributed by atoms with Crippen molar-refractivity contribution in [3.8, 4) is 5.75 Å². The monoisotopic (exact) mass is 289 g/mol. The summed E-state index contributed by atoms with van der Waals surface area (Å²) in [4.78, 5) is 0. The van der Waals surface area contributed by atoms with Gasteiger partial charge < -0.3 is 10.1 Å². The van der Waals surface area contributed by atoms with Crippen molar-refractivity contribution in [3.05, 3.63) is 24.3 Å². The maximum absolute atomic E-state index is 5.96. The van der Waals surface area contributed by atoms with Crippen LogP contribution in [0.5, 0.6) is 5.75 Å². The van der Waals surface area contributed by atoms with Crippen LogP contribution in [-0.4, -0.2) is 12.6 Å². The highest BCUT2D eigenvalue weighted by molar-refractivity contribution is 5.56. The summed E-state index contributed by atoms with van der Waals surface area (Å²) in [6.07, 6.45) is 3.81. The number of anilines is 1. The van der Waals surface area contributed by atoms with Crippen molar-refractivity contribution >= 4 is 5.69 Å². The number of ether oxygens (including phenoxy) is 1. The van der Waals surface area contributed by atoms with E-state index in [1.165, 1.54) is 19.3 Å². The summed E-state index contributed by atoms with van der Waals surface area (Å²) in [5.41, 5.74) is 1.58. The number of rotatable bonds is 5. The Bertz CT molecular complexity index is 453. The summed E-state index contributed by atoms with van der Waals surface area (Å²) >= 11 is 0. The lowest BCUT2D eigenvalue weighted by atomic mass is 9.70. The molecular formula is C19H31NO. The zero-order valence-corrected chi connectivity index (χ0v) is 14.3. The molecule has 1 aromatic rings. The summed E-state index contributed by atoms with van der Waals surface area (Å²) in [5, 5.41) is 3.73. The lowest BCUT2D eigenvalue weighted by Crippen LogP contribution is -2.35. The quantitative estimate of drug-likeness (QED) is 0.789. The van der Waals surface area contributed by atoms with Gasteiger partial charge in [0.1, 0.15) is 5.75 Å². The molecule has 1 aliphatic carbocycles. The lowest BCUT2D eigenvalue weighted by Gasteiger charge is -2.39. The topological polar surface area (TPSA) is 21.3 Å². The molecule has 1 aromatic carbocycles. The molecule has 0 heterocycles. The molecule has 0 aromatic heterocycles. The molecule has 1 saturated carbocycles. The van der Waals surface area contributed by atoms with E-state index in [0.29, 0.717) is 17.4 Å². The van der Waals surface area contributed by atoms with E-state index in [1.54, 1.807) is 0 Å². The van der Waals surface area contributed by atoms with E-state index in [1.807, 2.05) is 6.07 Å². The molecule has 2 nitrogen and oxygen atoms in total. The van der Waals surface area contributed by atoms with E-state index in [2.05, 4.69) is 58.1 Å². The molecular weight excluding hydrogens is 258 g/mol. The van der Waals surface area contributed by atoms with Gasteiger partial charge in [0.2, 0.25) is 0 Å². The normalized spacial score (nSPS) is 24.9. The minimum Gasteiger partial charge on any atom is -0.491 e. The first kappa shape index (κ1) is 16.2. The van der Waals surface area contributed by atoms with Gasteiger partial charge in [-0.2, -0.15) is 0 Å². The van der Waals surface area contributed by atoms with Crippen molar-refractivity contribution in [1.82, 2.24) is 0 Å². The van der Waals surface area contributed by atoms with Gasteiger partial charge in [-0.1, -0.05) is 46.8 Å². The zero-order chi connectivity index (χ0) is 15.5. The third kappa shape index (κ3) is 4.94. The van der Waals surface area contributed by atoms with Gasteiger partial charge in [0, 0.05) is 6.04 Å². The highest BCUT2D eigenvalue weighted by Crippen LogP contribution is 2.40. The second-order valence-electron chi connectivity index (χ2n) is 7.96. The fourth-order valence-corrected chi connectivity index (χ4v) is 3.64. The van der Waals surface area contributed by atoms with Gasteiger partial charge in [-0.05, 0) is 48.6 Å². The standard InChI is InChI=1S/C19H31NO/c1-14(2)13-21-18-9-7-6-8-17(18)20-16-10-15(3)11-19(4,5)12-16/h6-9,14-16,20H,10-13H2,1-5H3. The van der Waals surface area contributed by atoms with Crippen LogP contribution in [0.4, 0.5) is 5.69 Å². The largest absolute Gasteiger partial charge is 0.491 e. The third-order valence-corrected chi connectivity index (χ3v) is 4.21. The van der Waals surface area contributed by atoms with Gasteiger partial charge in [0.25, 0.3) is 0 Å². The summed E-state index contributed by atoms with van der Waals surface area (Å²) < 4.78 is 5.96. The van der Waals surface area contributed by atoms with Crippen LogP contribution in [-0.2, 0) is 0 Å². The van der Waals surface area contributed by atoms with E-state index in [0.717, 1.165) is 24.0 Å². The van der Waals surface area contributed by atoms with Crippen molar-refractivity contribution in [2.24, 2.45) is 17.3 Å². The Hall–Kier alpha value is -1.18. The molecule has 2 heteroatoms.